The van der Waals surface area contributed by atoms with Gasteiger partial charge in [0.2, 0.25) is 0 Å². The number of carbonyl (C=O) groups excluding carboxylic acids is 1. The van der Waals surface area contributed by atoms with Crippen LogP contribution in [0.4, 0.5) is 0 Å². The van der Waals surface area contributed by atoms with Crippen LogP contribution in [0, 0.1) is 6.92 Å². The van der Waals surface area contributed by atoms with Crippen molar-refractivity contribution < 1.29 is 9.53 Å². The van der Waals surface area contributed by atoms with E-state index in [2.05, 4.69) is 4.98 Å². The standard InChI is InChI=1S/C10H16N2O2/c1-5-14-10(13)9-6-12(7(2)3)8(4)11-9/h6-7H,5H2,1-4H3. The van der Waals surface area contributed by atoms with Crippen LogP contribution in [0.1, 0.15) is 43.1 Å². The number of carbonyl (C=O) groups is 1. The van der Waals surface area contributed by atoms with E-state index in [0.29, 0.717) is 18.3 Å². The summed E-state index contributed by atoms with van der Waals surface area (Å²) in [5.74, 6) is 0.484. The number of nitrogens with zero attached hydrogens (tertiary/aromatic N) is 2. The normalized spacial score (nSPS) is 10.6. The van der Waals surface area contributed by atoms with Gasteiger partial charge in [0.05, 0.1) is 6.61 Å². The van der Waals surface area contributed by atoms with Gasteiger partial charge < -0.3 is 9.30 Å². The van der Waals surface area contributed by atoms with E-state index in [1.54, 1.807) is 13.1 Å². The lowest BCUT2D eigenvalue weighted by Gasteiger charge is -2.07. The van der Waals surface area contributed by atoms with E-state index in [4.69, 9.17) is 4.74 Å². The summed E-state index contributed by atoms with van der Waals surface area (Å²) in [6.07, 6.45) is 1.73. The van der Waals surface area contributed by atoms with Crippen molar-refractivity contribution in [2.75, 3.05) is 6.61 Å². The molecule has 14 heavy (non-hydrogen) atoms. The molecule has 0 amide bonds. The summed E-state index contributed by atoms with van der Waals surface area (Å²) in [7, 11) is 0. The highest BCUT2D eigenvalue weighted by Gasteiger charge is 2.13. The van der Waals surface area contributed by atoms with Gasteiger partial charge in [0.25, 0.3) is 0 Å². The Kier molecular flexibility index (Phi) is 3.28. The van der Waals surface area contributed by atoms with Gasteiger partial charge in [0.1, 0.15) is 5.82 Å². The summed E-state index contributed by atoms with van der Waals surface area (Å²) in [5, 5.41) is 0. The number of esters is 1. The Labute approximate surface area is 83.9 Å². The summed E-state index contributed by atoms with van der Waals surface area (Å²) < 4.78 is 6.81. The molecular weight excluding hydrogens is 180 g/mol. The third-order valence-electron chi connectivity index (χ3n) is 1.96. The minimum atomic E-state index is -0.352. The molecule has 78 valence electrons. The lowest BCUT2D eigenvalue weighted by Crippen LogP contribution is -2.05. The lowest BCUT2D eigenvalue weighted by molar-refractivity contribution is 0.0520. The second kappa shape index (κ2) is 4.26. The van der Waals surface area contributed by atoms with Gasteiger partial charge in [-0.1, -0.05) is 0 Å². The molecule has 1 heterocycles. The molecule has 4 heteroatoms. The molecule has 0 aliphatic rings. The number of hydrogen-bond donors (Lipinski definition) is 0. The highest BCUT2D eigenvalue weighted by Crippen LogP contribution is 2.10. The number of imidazole rings is 1. The molecule has 0 spiro atoms. The second-order valence-electron chi connectivity index (χ2n) is 3.39. The molecule has 0 aliphatic carbocycles. The van der Waals surface area contributed by atoms with Crippen molar-refractivity contribution in [2.45, 2.75) is 33.7 Å². The van der Waals surface area contributed by atoms with E-state index in [1.807, 2.05) is 25.3 Å². The summed E-state index contributed by atoms with van der Waals surface area (Å²) in [4.78, 5) is 15.5. The Hall–Kier alpha value is -1.32. The first-order valence-corrected chi connectivity index (χ1v) is 4.78. The van der Waals surface area contributed by atoms with E-state index < -0.39 is 0 Å². The topological polar surface area (TPSA) is 44.1 Å². The van der Waals surface area contributed by atoms with Gasteiger partial charge in [-0.25, -0.2) is 9.78 Å². The maximum atomic E-state index is 11.3. The average Bonchev–Trinajstić information content (AvgIpc) is 2.48. The Morgan fingerprint density at radius 1 is 1.64 bits per heavy atom. The van der Waals surface area contributed by atoms with Crippen molar-refractivity contribution in [3.8, 4) is 0 Å². The van der Waals surface area contributed by atoms with Crippen molar-refractivity contribution in [1.29, 1.82) is 0 Å². The van der Waals surface area contributed by atoms with E-state index in [0.717, 1.165) is 5.82 Å². The minimum absolute atomic E-state index is 0.311. The zero-order valence-electron chi connectivity index (χ0n) is 9.07. The predicted molar refractivity (Wildman–Crippen MR) is 53.3 cm³/mol. The summed E-state index contributed by atoms with van der Waals surface area (Å²) in [5.41, 5.74) is 0.387. The first-order chi connectivity index (χ1) is 6.56. The first-order valence-electron chi connectivity index (χ1n) is 4.78. The number of ether oxygens (including phenoxy) is 1. The minimum Gasteiger partial charge on any atom is -0.461 e. The molecule has 0 N–H and O–H groups in total. The predicted octanol–water partition coefficient (Wildman–Crippen LogP) is 1.95. The molecule has 1 aromatic heterocycles. The van der Waals surface area contributed by atoms with Crippen LogP contribution in [-0.2, 0) is 4.74 Å². The molecule has 0 aliphatic heterocycles. The molecule has 0 atom stereocenters. The second-order valence-corrected chi connectivity index (χ2v) is 3.39. The lowest BCUT2D eigenvalue weighted by atomic mass is 10.4. The van der Waals surface area contributed by atoms with Crippen molar-refractivity contribution >= 4 is 5.97 Å². The van der Waals surface area contributed by atoms with Gasteiger partial charge in [-0.2, -0.15) is 0 Å². The highest BCUT2D eigenvalue weighted by molar-refractivity contribution is 5.87. The quantitative estimate of drug-likeness (QED) is 0.694. The Morgan fingerprint density at radius 2 is 2.29 bits per heavy atom. The van der Waals surface area contributed by atoms with Crippen LogP contribution >= 0.6 is 0 Å². The van der Waals surface area contributed by atoms with Gasteiger partial charge >= 0.3 is 5.97 Å². The SMILES string of the molecule is CCOC(=O)c1cn(C(C)C)c(C)n1. The molecule has 0 aromatic carbocycles. The zero-order valence-corrected chi connectivity index (χ0v) is 9.07. The smallest absolute Gasteiger partial charge is 0.358 e. The van der Waals surface area contributed by atoms with Gasteiger partial charge in [0.15, 0.2) is 5.69 Å². The fourth-order valence-electron chi connectivity index (χ4n) is 1.31. The summed E-state index contributed by atoms with van der Waals surface area (Å²) in [6.45, 7) is 8.13. The summed E-state index contributed by atoms with van der Waals surface area (Å²) in [6, 6.07) is 0.311. The zero-order chi connectivity index (χ0) is 10.7. The molecular formula is C10H16N2O2. The number of rotatable bonds is 3. The van der Waals surface area contributed by atoms with E-state index in [1.165, 1.54) is 0 Å². The van der Waals surface area contributed by atoms with Gasteiger partial charge in [0, 0.05) is 12.2 Å². The van der Waals surface area contributed by atoms with Crippen molar-refractivity contribution in [3.63, 3.8) is 0 Å². The van der Waals surface area contributed by atoms with E-state index in [9.17, 15) is 4.79 Å². The van der Waals surface area contributed by atoms with E-state index in [-0.39, 0.29) is 5.97 Å². The van der Waals surface area contributed by atoms with Crippen LogP contribution in [0.15, 0.2) is 6.20 Å². The fourth-order valence-corrected chi connectivity index (χ4v) is 1.31. The molecule has 1 rings (SSSR count). The Bertz CT molecular complexity index is 329. The third kappa shape index (κ3) is 2.13. The molecule has 0 unspecified atom stereocenters. The van der Waals surface area contributed by atoms with Gasteiger partial charge in [-0.05, 0) is 27.7 Å². The third-order valence-corrected chi connectivity index (χ3v) is 1.96. The largest absolute Gasteiger partial charge is 0.461 e. The van der Waals surface area contributed by atoms with E-state index >= 15 is 0 Å². The van der Waals surface area contributed by atoms with Crippen LogP contribution < -0.4 is 0 Å². The van der Waals surface area contributed by atoms with Crippen molar-refractivity contribution in [1.82, 2.24) is 9.55 Å². The molecule has 0 saturated heterocycles. The van der Waals surface area contributed by atoms with Crippen LogP contribution in [0.2, 0.25) is 0 Å². The van der Waals surface area contributed by atoms with Gasteiger partial charge in [-0.3, -0.25) is 0 Å². The van der Waals surface area contributed by atoms with Crippen LogP contribution in [0.25, 0.3) is 0 Å². The van der Waals surface area contributed by atoms with Crippen LogP contribution in [0.3, 0.4) is 0 Å². The van der Waals surface area contributed by atoms with Crippen molar-refractivity contribution in [3.05, 3.63) is 17.7 Å². The molecule has 0 bridgehead atoms. The maximum Gasteiger partial charge on any atom is 0.358 e. The summed E-state index contributed by atoms with van der Waals surface area (Å²) >= 11 is 0. The molecule has 0 saturated carbocycles. The molecule has 1 aromatic rings. The van der Waals surface area contributed by atoms with Crippen molar-refractivity contribution in [2.24, 2.45) is 0 Å². The fraction of sp³-hybridized carbons (Fsp3) is 0.600. The number of hydrogen-bond acceptors (Lipinski definition) is 3. The Morgan fingerprint density at radius 3 is 2.71 bits per heavy atom. The number of aromatic nitrogens is 2. The first kappa shape index (κ1) is 10.8. The Balaban J connectivity index is 2.90. The monoisotopic (exact) mass is 196 g/mol. The number of aryl methyl sites for hydroxylation is 1. The van der Waals surface area contributed by atoms with Crippen LogP contribution in [-0.4, -0.2) is 22.1 Å². The molecule has 4 nitrogen and oxygen atoms in total. The van der Waals surface area contributed by atoms with Gasteiger partial charge in [-0.15, -0.1) is 0 Å². The maximum absolute atomic E-state index is 11.3. The van der Waals surface area contributed by atoms with Crippen LogP contribution in [0.5, 0.6) is 0 Å². The molecule has 0 radical (unpaired) electrons. The highest BCUT2D eigenvalue weighted by atomic mass is 16.5. The molecule has 0 fully saturated rings. The average molecular weight is 196 g/mol.